The molecule has 1 amide bonds. The van der Waals surface area contributed by atoms with E-state index in [2.05, 4.69) is 10.2 Å². The lowest BCUT2D eigenvalue weighted by Crippen LogP contribution is -2.40. The standard InChI is InChI=1S/C19H21N3O4/c23-16(22-10-8-19(9-11-22)12-14(19)18(24)25)7-6-15-20-21-17(26-15)13-4-2-1-3-5-13/h1-5,14H,6-12H2,(H,24,25). The number of aryl methyl sites for hydroxylation is 1. The number of hydrogen-bond donors (Lipinski definition) is 1. The molecule has 0 radical (unpaired) electrons. The third-order valence-corrected chi connectivity index (χ3v) is 5.64. The quantitative estimate of drug-likeness (QED) is 0.884. The van der Waals surface area contributed by atoms with E-state index in [1.807, 2.05) is 35.2 Å². The van der Waals surface area contributed by atoms with E-state index >= 15 is 0 Å². The number of hydrogen-bond acceptors (Lipinski definition) is 5. The highest BCUT2D eigenvalue weighted by molar-refractivity contribution is 5.77. The summed E-state index contributed by atoms with van der Waals surface area (Å²) in [4.78, 5) is 25.4. The summed E-state index contributed by atoms with van der Waals surface area (Å²) in [6, 6.07) is 9.52. The predicted molar refractivity (Wildman–Crippen MR) is 92.0 cm³/mol. The van der Waals surface area contributed by atoms with Crippen molar-refractivity contribution in [2.24, 2.45) is 11.3 Å². The molecule has 1 aliphatic heterocycles. The molecule has 1 saturated carbocycles. The highest BCUT2D eigenvalue weighted by Gasteiger charge is 2.59. The minimum Gasteiger partial charge on any atom is -0.481 e. The van der Waals surface area contributed by atoms with Crippen molar-refractivity contribution < 1.29 is 19.1 Å². The molecular formula is C19H21N3O4. The van der Waals surface area contributed by atoms with Crippen LogP contribution in [0, 0.1) is 11.3 Å². The van der Waals surface area contributed by atoms with Crippen molar-refractivity contribution in [1.82, 2.24) is 15.1 Å². The number of carbonyl (C=O) groups is 2. The van der Waals surface area contributed by atoms with Crippen LogP contribution in [0.15, 0.2) is 34.7 Å². The van der Waals surface area contributed by atoms with Gasteiger partial charge >= 0.3 is 5.97 Å². The monoisotopic (exact) mass is 355 g/mol. The molecule has 1 aliphatic carbocycles. The van der Waals surface area contributed by atoms with Gasteiger partial charge in [0.2, 0.25) is 17.7 Å². The van der Waals surface area contributed by atoms with Gasteiger partial charge in [-0.25, -0.2) is 0 Å². The smallest absolute Gasteiger partial charge is 0.307 e. The van der Waals surface area contributed by atoms with Gasteiger partial charge in [-0.15, -0.1) is 10.2 Å². The van der Waals surface area contributed by atoms with Gasteiger partial charge in [0.1, 0.15) is 0 Å². The summed E-state index contributed by atoms with van der Waals surface area (Å²) in [5.74, 6) is 0.0667. The second kappa shape index (κ2) is 6.55. The predicted octanol–water partition coefficient (Wildman–Crippen LogP) is 2.38. The molecule has 26 heavy (non-hydrogen) atoms. The van der Waals surface area contributed by atoms with Crippen LogP contribution < -0.4 is 0 Å². The van der Waals surface area contributed by atoms with Crippen LogP contribution in [0.2, 0.25) is 0 Å². The molecule has 2 fully saturated rings. The van der Waals surface area contributed by atoms with Gasteiger partial charge in [0, 0.05) is 31.5 Å². The Hall–Kier alpha value is -2.70. The third-order valence-electron chi connectivity index (χ3n) is 5.64. The van der Waals surface area contributed by atoms with Gasteiger partial charge in [-0.3, -0.25) is 9.59 Å². The van der Waals surface area contributed by atoms with Crippen molar-refractivity contribution in [3.05, 3.63) is 36.2 Å². The molecule has 2 aromatic rings. The molecule has 1 spiro atoms. The maximum atomic E-state index is 12.4. The van der Waals surface area contributed by atoms with E-state index < -0.39 is 5.97 Å². The highest BCUT2D eigenvalue weighted by Crippen LogP contribution is 2.59. The first kappa shape index (κ1) is 16.8. The molecule has 0 bridgehead atoms. The molecule has 1 aromatic carbocycles. The van der Waals surface area contributed by atoms with Crippen LogP contribution in [0.1, 0.15) is 31.6 Å². The number of benzene rings is 1. The number of aliphatic carboxylic acids is 1. The van der Waals surface area contributed by atoms with Crippen LogP contribution in [0.3, 0.4) is 0 Å². The lowest BCUT2D eigenvalue weighted by Gasteiger charge is -2.32. The van der Waals surface area contributed by atoms with Crippen molar-refractivity contribution in [3.63, 3.8) is 0 Å². The average Bonchev–Trinajstić information content (AvgIpc) is 3.15. The van der Waals surface area contributed by atoms with Crippen molar-refractivity contribution >= 4 is 11.9 Å². The summed E-state index contributed by atoms with van der Waals surface area (Å²) in [7, 11) is 0. The number of amides is 1. The largest absolute Gasteiger partial charge is 0.481 e. The van der Waals surface area contributed by atoms with Crippen molar-refractivity contribution in [2.75, 3.05) is 13.1 Å². The van der Waals surface area contributed by atoms with Crippen LogP contribution in [0.25, 0.3) is 11.5 Å². The molecule has 2 heterocycles. The number of likely N-dealkylation sites (tertiary alicyclic amines) is 1. The van der Waals surface area contributed by atoms with Gasteiger partial charge in [-0.1, -0.05) is 18.2 Å². The third kappa shape index (κ3) is 3.21. The zero-order valence-electron chi connectivity index (χ0n) is 14.4. The Kier molecular flexibility index (Phi) is 4.22. The van der Waals surface area contributed by atoms with E-state index in [0.717, 1.165) is 24.8 Å². The van der Waals surface area contributed by atoms with Crippen LogP contribution in [0.5, 0.6) is 0 Å². The van der Waals surface area contributed by atoms with Crippen LogP contribution >= 0.6 is 0 Å². The summed E-state index contributed by atoms with van der Waals surface area (Å²) in [5.41, 5.74) is 0.802. The van der Waals surface area contributed by atoms with E-state index in [0.29, 0.717) is 37.7 Å². The fourth-order valence-corrected chi connectivity index (χ4v) is 3.87. The Morgan fingerprint density at radius 2 is 1.92 bits per heavy atom. The van der Waals surface area contributed by atoms with Gasteiger partial charge in [0.05, 0.1) is 5.92 Å². The molecule has 1 unspecified atom stereocenters. The number of rotatable bonds is 5. The zero-order valence-corrected chi connectivity index (χ0v) is 14.4. The Bertz CT molecular complexity index is 809. The van der Waals surface area contributed by atoms with E-state index in [1.165, 1.54) is 0 Å². The van der Waals surface area contributed by atoms with Gasteiger partial charge in [0.15, 0.2) is 0 Å². The molecule has 2 aliphatic rings. The first-order chi connectivity index (χ1) is 12.6. The lowest BCUT2D eigenvalue weighted by atomic mass is 9.90. The fourth-order valence-electron chi connectivity index (χ4n) is 3.87. The summed E-state index contributed by atoms with van der Waals surface area (Å²) < 4.78 is 5.63. The van der Waals surface area contributed by atoms with Crippen molar-refractivity contribution in [2.45, 2.75) is 32.1 Å². The highest BCUT2D eigenvalue weighted by atomic mass is 16.4. The molecule has 1 N–H and O–H groups in total. The van der Waals surface area contributed by atoms with Gasteiger partial charge in [-0.05, 0) is 36.8 Å². The van der Waals surface area contributed by atoms with Gasteiger partial charge < -0.3 is 14.4 Å². The lowest BCUT2D eigenvalue weighted by molar-refractivity contribution is -0.139. The maximum absolute atomic E-state index is 12.4. The minimum atomic E-state index is -0.699. The number of carboxylic acids is 1. The molecule has 1 aromatic heterocycles. The van der Waals surface area contributed by atoms with E-state index in [9.17, 15) is 9.59 Å². The number of nitrogens with zero attached hydrogens (tertiary/aromatic N) is 3. The number of carbonyl (C=O) groups excluding carboxylic acids is 1. The van der Waals surface area contributed by atoms with E-state index in [4.69, 9.17) is 9.52 Å². The molecule has 4 rings (SSSR count). The molecule has 1 atom stereocenters. The zero-order chi connectivity index (χ0) is 18.1. The molecule has 136 valence electrons. The maximum Gasteiger partial charge on any atom is 0.307 e. The average molecular weight is 355 g/mol. The Labute approximate surface area is 151 Å². The van der Waals surface area contributed by atoms with E-state index in [-0.39, 0.29) is 17.2 Å². The second-order valence-corrected chi connectivity index (χ2v) is 7.21. The van der Waals surface area contributed by atoms with Crippen molar-refractivity contribution in [3.8, 4) is 11.5 Å². The fraction of sp³-hybridized carbons (Fsp3) is 0.474. The minimum absolute atomic E-state index is 0.0559. The van der Waals surface area contributed by atoms with Crippen LogP contribution in [0.4, 0.5) is 0 Å². The normalized spacial score (nSPS) is 20.9. The molecule has 1 saturated heterocycles. The number of piperidine rings is 1. The Morgan fingerprint density at radius 3 is 2.58 bits per heavy atom. The first-order valence-corrected chi connectivity index (χ1v) is 8.96. The molecular weight excluding hydrogens is 334 g/mol. The van der Waals surface area contributed by atoms with Crippen molar-refractivity contribution in [1.29, 1.82) is 0 Å². The summed E-state index contributed by atoms with van der Waals surface area (Å²) in [6.07, 6.45) is 3.07. The summed E-state index contributed by atoms with van der Waals surface area (Å²) >= 11 is 0. The number of carboxylic acid groups (broad SMARTS) is 1. The Balaban J connectivity index is 1.27. The van der Waals surface area contributed by atoms with Crippen LogP contribution in [-0.4, -0.2) is 45.2 Å². The first-order valence-electron chi connectivity index (χ1n) is 8.96. The SMILES string of the molecule is O=C(O)C1CC12CCN(C(=O)CCc1nnc(-c3ccccc3)o1)CC2. The molecule has 7 heteroatoms. The summed E-state index contributed by atoms with van der Waals surface area (Å²) in [6.45, 7) is 1.28. The Morgan fingerprint density at radius 1 is 1.19 bits per heavy atom. The van der Waals surface area contributed by atoms with Crippen LogP contribution in [-0.2, 0) is 16.0 Å². The topological polar surface area (TPSA) is 96.5 Å². The second-order valence-electron chi connectivity index (χ2n) is 7.21. The van der Waals surface area contributed by atoms with Gasteiger partial charge in [-0.2, -0.15) is 0 Å². The summed E-state index contributed by atoms with van der Waals surface area (Å²) in [5, 5.41) is 17.2. The van der Waals surface area contributed by atoms with E-state index in [1.54, 1.807) is 0 Å². The number of aromatic nitrogens is 2. The molecule has 7 nitrogen and oxygen atoms in total. The van der Waals surface area contributed by atoms with Gasteiger partial charge in [0.25, 0.3) is 0 Å².